The Hall–Kier alpha value is -1.75. The molecule has 0 saturated carbocycles. The van der Waals surface area contributed by atoms with Gasteiger partial charge in [-0.15, -0.1) is 0 Å². The first-order chi connectivity index (χ1) is 9.71. The van der Waals surface area contributed by atoms with Gasteiger partial charge in [0.25, 0.3) is 0 Å². The van der Waals surface area contributed by atoms with Crippen LogP contribution in [0.1, 0.15) is 31.7 Å². The fourth-order valence-corrected chi connectivity index (χ4v) is 1.69. The number of carbonyl (C=O) groups excluding carboxylic acids is 1. The molecule has 5 nitrogen and oxygen atoms in total. The molecule has 1 aromatic rings. The van der Waals surface area contributed by atoms with Gasteiger partial charge in [-0.05, 0) is 18.9 Å². The minimum Gasteiger partial charge on any atom is -0.493 e. The Morgan fingerprint density at radius 2 is 2.10 bits per heavy atom. The summed E-state index contributed by atoms with van der Waals surface area (Å²) in [4.78, 5) is 11.1. The molecule has 0 saturated heterocycles. The quantitative estimate of drug-likeness (QED) is 0.677. The lowest BCUT2D eigenvalue weighted by molar-refractivity contribution is -0.120. The van der Waals surface area contributed by atoms with Crippen molar-refractivity contribution in [3.8, 4) is 11.5 Å². The van der Waals surface area contributed by atoms with Crippen molar-refractivity contribution in [1.82, 2.24) is 5.32 Å². The predicted octanol–water partition coefficient (Wildman–Crippen LogP) is 1.84. The van der Waals surface area contributed by atoms with E-state index in [-0.39, 0.29) is 5.91 Å². The summed E-state index contributed by atoms with van der Waals surface area (Å²) in [6.45, 7) is 3.64. The molecule has 0 aromatic heterocycles. The lowest BCUT2D eigenvalue weighted by atomic mass is 10.2. The first-order valence-electron chi connectivity index (χ1n) is 7.00. The fourth-order valence-electron chi connectivity index (χ4n) is 1.69. The maximum absolute atomic E-state index is 11.1. The van der Waals surface area contributed by atoms with Crippen molar-refractivity contribution in [2.75, 3.05) is 20.3 Å². The molecular formula is C15H24N2O3. The van der Waals surface area contributed by atoms with E-state index >= 15 is 0 Å². The average Bonchev–Trinajstić information content (AvgIpc) is 2.49. The van der Waals surface area contributed by atoms with Crippen LogP contribution < -0.4 is 20.5 Å². The summed E-state index contributed by atoms with van der Waals surface area (Å²) in [5.74, 6) is 1.54. The Balaban J connectivity index is 2.54. The summed E-state index contributed by atoms with van der Waals surface area (Å²) < 4.78 is 11.3. The maximum atomic E-state index is 11.1. The summed E-state index contributed by atoms with van der Waals surface area (Å²) in [5.41, 5.74) is 6.63. The number of nitrogens with one attached hydrogen (secondary N) is 1. The molecule has 0 aliphatic rings. The molecule has 0 heterocycles. The smallest absolute Gasteiger partial charge is 0.219 e. The van der Waals surface area contributed by atoms with Crippen molar-refractivity contribution >= 4 is 5.91 Å². The number of ether oxygens (including phenoxy) is 2. The second-order valence-corrected chi connectivity index (χ2v) is 4.45. The number of nitrogens with two attached hydrogens (primary N) is 1. The first-order valence-corrected chi connectivity index (χ1v) is 7.00. The third-order valence-corrected chi connectivity index (χ3v) is 2.82. The topological polar surface area (TPSA) is 73.6 Å². The van der Waals surface area contributed by atoms with E-state index in [0.717, 1.165) is 23.5 Å². The van der Waals surface area contributed by atoms with Crippen LogP contribution >= 0.6 is 0 Å². The second-order valence-electron chi connectivity index (χ2n) is 4.45. The standard InChI is InChI=1S/C15H24N2O3/c1-3-8-19-13-7-6-12(11-16)14(10-13)20-9-4-5-15(18)17-2/h6-7,10H,3-5,8-9,11,16H2,1-2H3,(H,17,18). The molecule has 1 aromatic carbocycles. The van der Waals surface area contributed by atoms with Crippen molar-refractivity contribution in [2.24, 2.45) is 5.73 Å². The molecule has 0 spiro atoms. The second kappa shape index (κ2) is 9.20. The molecule has 20 heavy (non-hydrogen) atoms. The van der Waals surface area contributed by atoms with E-state index in [1.807, 2.05) is 18.2 Å². The predicted molar refractivity (Wildman–Crippen MR) is 78.9 cm³/mol. The molecule has 0 atom stereocenters. The average molecular weight is 280 g/mol. The number of hydrogen-bond acceptors (Lipinski definition) is 4. The van der Waals surface area contributed by atoms with Gasteiger partial charge in [0, 0.05) is 31.6 Å². The van der Waals surface area contributed by atoms with Gasteiger partial charge in [-0.25, -0.2) is 0 Å². The highest BCUT2D eigenvalue weighted by Crippen LogP contribution is 2.25. The van der Waals surface area contributed by atoms with E-state index in [9.17, 15) is 4.79 Å². The van der Waals surface area contributed by atoms with Gasteiger partial charge in [-0.3, -0.25) is 4.79 Å². The normalized spacial score (nSPS) is 10.2. The highest BCUT2D eigenvalue weighted by atomic mass is 16.5. The third-order valence-electron chi connectivity index (χ3n) is 2.82. The van der Waals surface area contributed by atoms with Crippen molar-refractivity contribution in [1.29, 1.82) is 0 Å². The highest BCUT2D eigenvalue weighted by Gasteiger charge is 2.06. The molecule has 112 valence electrons. The lowest BCUT2D eigenvalue weighted by Crippen LogP contribution is -2.18. The number of carbonyl (C=O) groups is 1. The molecule has 3 N–H and O–H groups in total. The number of rotatable bonds is 9. The third kappa shape index (κ3) is 5.48. The Morgan fingerprint density at radius 1 is 1.30 bits per heavy atom. The summed E-state index contributed by atoms with van der Waals surface area (Å²) in [6, 6.07) is 5.67. The SMILES string of the molecule is CCCOc1ccc(CN)c(OCCCC(=O)NC)c1. The molecule has 0 unspecified atom stereocenters. The number of hydrogen-bond donors (Lipinski definition) is 2. The van der Waals surface area contributed by atoms with Crippen LogP contribution in [0, 0.1) is 0 Å². The summed E-state index contributed by atoms with van der Waals surface area (Å²) in [6.07, 6.45) is 2.09. The molecular weight excluding hydrogens is 256 g/mol. The Morgan fingerprint density at radius 3 is 2.75 bits per heavy atom. The molecule has 0 aliphatic carbocycles. The molecule has 0 fully saturated rings. The molecule has 0 aliphatic heterocycles. The Kier molecular flexibility index (Phi) is 7.50. The zero-order valence-corrected chi connectivity index (χ0v) is 12.3. The number of amides is 1. The summed E-state index contributed by atoms with van der Waals surface area (Å²) >= 11 is 0. The van der Waals surface area contributed by atoms with Crippen molar-refractivity contribution in [3.05, 3.63) is 23.8 Å². The van der Waals surface area contributed by atoms with Gasteiger partial charge in [0.2, 0.25) is 5.91 Å². The monoisotopic (exact) mass is 280 g/mol. The van der Waals surface area contributed by atoms with E-state index in [1.54, 1.807) is 7.05 Å². The van der Waals surface area contributed by atoms with Gasteiger partial charge in [-0.1, -0.05) is 13.0 Å². The van der Waals surface area contributed by atoms with E-state index in [0.29, 0.717) is 32.6 Å². The molecule has 0 radical (unpaired) electrons. The van der Waals surface area contributed by atoms with Gasteiger partial charge in [0.05, 0.1) is 13.2 Å². The Bertz CT molecular complexity index is 422. The van der Waals surface area contributed by atoms with Crippen LogP contribution in [0.25, 0.3) is 0 Å². The minimum absolute atomic E-state index is 0.0210. The van der Waals surface area contributed by atoms with Crippen LogP contribution in [0.4, 0.5) is 0 Å². The minimum atomic E-state index is 0.0210. The van der Waals surface area contributed by atoms with Crippen LogP contribution in [0.5, 0.6) is 11.5 Å². The molecule has 1 rings (SSSR count). The largest absolute Gasteiger partial charge is 0.493 e. The molecule has 0 bridgehead atoms. The first kappa shape index (κ1) is 16.3. The summed E-state index contributed by atoms with van der Waals surface area (Å²) in [5, 5.41) is 2.58. The van der Waals surface area contributed by atoms with E-state index in [2.05, 4.69) is 12.2 Å². The Labute approximate surface area is 120 Å². The summed E-state index contributed by atoms with van der Waals surface area (Å²) in [7, 11) is 1.63. The molecule has 1 amide bonds. The van der Waals surface area contributed by atoms with Crippen molar-refractivity contribution in [3.63, 3.8) is 0 Å². The van der Waals surface area contributed by atoms with E-state index in [4.69, 9.17) is 15.2 Å². The van der Waals surface area contributed by atoms with E-state index in [1.165, 1.54) is 0 Å². The van der Waals surface area contributed by atoms with Gasteiger partial charge in [0.1, 0.15) is 11.5 Å². The van der Waals surface area contributed by atoms with Crippen LogP contribution in [0.2, 0.25) is 0 Å². The number of benzene rings is 1. The van der Waals surface area contributed by atoms with Gasteiger partial charge in [0.15, 0.2) is 0 Å². The van der Waals surface area contributed by atoms with Crippen LogP contribution in [-0.2, 0) is 11.3 Å². The highest BCUT2D eigenvalue weighted by molar-refractivity contribution is 5.75. The fraction of sp³-hybridized carbons (Fsp3) is 0.533. The van der Waals surface area contributed by atoms with E-state index < -0.39 is 0 Å². The van der Waals surface area contributed by atoms with Crippen LogP contribution in [0.15, 0.2) is 18.2 Å². The van der Waals surface area contributed by atoms with Gasteiger partial charge < -0.3 is 20.5 Å². The molecule has 5 heteroatoms. The van der Waals surface area contributed by atoms with Crippen LogP contribution in [-0.4, -0.2) is 26.2 Å². The van der Waals surface area contributed by atoms with Gasteiger partial charge >= 0.3 is 0 Å². The van der Waals surface area contributed by atoms with Crippen molar-refractivity contribution < 1.29 is 14.3 Å². The maximum Gasteiger partial charge on any atom is 0.219 e. The van der Waals surface area contributed by atoms with Gasteiger partial charge in [-0.2, -0.15) is 0 Å². The lowest BCUT2D eigenvalue weighted by Gasteiger charge is -2.12. The van der Waals surface area contributed by atoms with Crippen molar-refractivity contribution in [2.45, 2.75) is 32.7 Å². The zero-order chi connectivity index (χ0) is 14.8. The van der Waals surface area contributed by atoms with Crippen LogP contribution in [0.3, 0.4) is 0 Å². The zero-order valence-electron chi connectivity index (χ0n) is 12.3.